The van der Waals surface area contributed by atoms with Crippen molar-refractivity contribution in [1.82, 2.24) is 0 Å². The van der Waals surface area contributed by atoms with Gasteiger partial charge in [0.1, 0.15) is 0 Å². The van der Waals surface area contributed by atoms with E-state index >= 15 is 0 Å². The molecule has 1 unspecified atom stereocenters. The average Bonchev–Trinajstić information content (AvgIpc) is 2.45. The highest BCUT2D eigenvalue weighted by molar-refractivity contribution is 5.31. The van der Waals surface area contributed by atoms with Gasteiger partial charge in [-0.05, 0) is 42.4 Å². The maximum atomic E-state index is 2.32. The molecule has 2 aromatic carbocycles. The molecule has 0 heterocycles. The summed E-state index contributed by atoms with van der Waals surface area (Å²) in [4.78, 5) is 0. The second-order valence-electron chi connectivity index (χ2n) is 5.10. The Morgan fingerprint density at radius 3 is 2.37 bits per heavy atom. The SMILES string of the molecule is Cc1ccccc1C(C)/C=C/CCc1ccccc1. The molecule has 2 aromatic rings. The van der Waals surface area contributed by atoms with E-state index in [9.17, 15) is 0 Å². The summed E-state index contributed by atoms with van der Waals surface area (Å²) in [5, 5.41) is 0. The van der Waals surface area contributed by atoms with Crippen LogP contribution in [0.3, 0.4) is 0 Å². The normalized spacial score (nSPS) is 12.7. The third-order valence-corrected chi connectivity index (χ3v) is 3.55. The zero-order valence-electron chi connectivity index (χ0n) is 11.8. The minimum absolute atomic E-state index is 0.497. The largest absolute Gasteiger partial charge is 0.0876 e. The van der Waals surface area contributed by atoms with E-state index in [0.29, 0.717) is 5.92 Å². The summed E-state index contributed by atoms with van der Waals surface area (Å²) in [6.07, 6.45) is 6.87. The van der Waals surface area contributed by atoms with Crippen molar-refractivity contribution in [2.75, 3.05) is 0 Å². The number of aryl methyl sites for hydroxylation is 2. The van der Waals surface area contributed by atoms with Gasteiger partial charge in [0, 0.05) is 0 Å². The van der Waals surface area contributed by atoms with Gasteiger partial charge < -0.3 is 0 Å². The summed E-state index contributed by atoms with van der Waals surface area (Å²) in [6, 6.07) is 19.3. The van der Waals surface area contributed by atoms with Gasteiger partial charge in [0.2, 0.25) is 0 Å². The first-order chi connectivity index (χ1) is 9.27. The summed E-state index contributed by atoms with van der Waals surface area (Å²) in [5.74, 6) is 0.497. The lowest BCUT2D eigenvalue weighted by atomic mass is 9.96. The Morgan fingerprint density at radius 1 is 0.947 bits per heavy atom. The molecule has 0 radical (unpaired) electrons. The highest BCUT2D eigenvalue weighted by atomic mass is 14.1. The lowest BCUT2D eigenvalue weighted by Gasteiger charge is -2.10. The topological polar surface area (TPSA) is 0 Å². The molecule has 0 saturated carbocycles. The molecule has 0 nitrogen and oxygen atoms in total. The van der Waals surface area contributed by atoms with Crippen molar-refractivity contribution in [3.8, 4) is 0 Å². The van der Waals surface area contributed by atoms with Crippen LogP contribution in [0.15, 0.2) is 66.7 Å². The molecule has 0 spiro atoms. The molecular weight excluding hydrogens is 228 g/mol. The first kappa shape index (κ1) is 13.6. The van der Waals surface area contributed by atoms with E-state index in [1.54, 1.807) is 0 Å². The lowest BCUT2D eigenvalue weighted by molar-refractivity contribution is 0.926. The van der Waals surface area contributed by atoms with Gasteiger partial charge in [-0.25, -0.2) is 0 Å². The third kappa shape index (κ3) is 4.10. The van der Waals surface area contributed by atoms with Gasteiger partial charge in [-0.1, -0.05) is 73.7 Å². The van der Waals surface area contributed by atoms with Crippen LogP contribution in [0.25, 0.3) is 0 Å². The van der Waals surface area contributed by atoms with Gasteiger partial charge in [0.25, 0.3) is 0 Å². The third-order valence-electron chi connectivity index (χ3n) is 3.55. The van der Waals surface area contributed by atoms with Crippen LogP contribution < -0.4 is 0 Å². The Labute approximate surface area is 116 Å². The molecule has 0 aliphatic heterocycles. The van der Waals surface area contributed by atoms with Crippen LogP contribution in [-0.2, 0) is 6.42 Å². The second kappa shape index (κ2) is 6.94. The van der Waals surface area contributed by atoms with E-state index in [0.717, 1.165) is 12.8 Å². The molecular formula is C19H22. The van der Waals surface area contributed by atoms with Crippen LogP contribution in [0, 0.1) is 6.92 Å². The number of rotatable bonds is 5. The summed E-state index contributed by atoms with van der Waals surface area (Å²) < 4.78 is 0. The fourth-order valence-corrected chi connectivity index (χ4v) is 2.40. The van der Waals surface area contributed by atoms with Crippen molar-refractivity contribution < 1.29 is 0 Å². The van der Waals surface area contributed by atoms with E-state index in [1.165, 1.54) is 16.7 Å². The predicted molar refractivity (Wildman–Crippen MR) is 83.5 cm³/mol. The Morgan fingerprint density at radius 2 is 1.63 bits per heavy atom. The quantitative estimate of drug-likeness (QED) is 0.633. The van der Waals surface area contributed by atoms with Crippen LogP contribution >= 0.6 is 0 Å². The Bertz CT molecular complexity index is 523. The first-order valence-electron chi connectivity index (χ1n) is 7.03. The van der Waals surface area contributed by atoms with E-state index in [2.05, 4.69) is 80.6 Å². The molecule has 0 heteroatoms. The fraction of sp³-hybridized carbons (Fsp3) is 0.263. The van der Waals surface area contributed by atoms with Gasteiger partial charge in [0.15, 0.2) is 0 Å². The standard InChI is InChI=1S/C19H22/c1-16(19-15-9-7-11-17(19)2)10-6-8-14-18-12-4-3-5-13-18/h3-7,9-13,15-16H,8,14H2,1-2H3/b10-6+. The van der Waals surface area contributed by atoms with Crippen LogP contribution in [0.4, 0.5) is 0 Å². The number of allylic oxidation sites excluding steroid dienone is 2. The van der Waals surface area contributed by atoms with Crippen LogP contribution in [0.1, 0.15) is 36.0 Å². The smallest absolute Gasteiger partial charge is 0.000782 e. The van der Waals surface area contributed by atoms with Crippen molar-refractivity contribution in [1.29, 1.82) is 0 Å². The van der Waals surface area contributed by atoms with Gasteiger partial charge in [-0.15, -0.1) is 0 Å². The zero-order chi connectivity index (χ0) is 13.5. The molecule has 0 aliphatic rings. The summed E-state index contributed by atoms with van der Waals surface area (Å²) in [6.45, 7) is 4.45. The maximum absolute atomic E-state index is 2.32. The van der Waals surface area contributed by atoms with Gasteiger partial charge in [-0.3, -0.25) is 0 Å². The Balaban J connectivity index is 1.87. The Kier molecular flexibility index (Phi) is 4.97. The van der Waals surface area contributed by atoms with Gasteiger partial charge >= 0.3 is 0 Å². The number of hydrogen-bond acceptors (Lipinski definition) is 0. The zero-order valence-corrected chi connectivity index (χ0v) is 11.8. The minimum atomic E-state index is 0.497. The molecule has 0 aromatic heterocycles. The monoisotopic (exact) mass is 250 g/mol. The molecule has 19 heavy (non-hydrogen) atoms. The fourth-order valence-electron chi connectivity index (χ4n) is 2.40. The molecule has 2 rings (SSSR count). The molecule has 0 saturated heterocycles. The number of benzene rings is 2. The Hall–Kier alpha value is -1.82. The minimum Gasteiger partial charge on any atom is -0.0876 e. The van der Waals surface area contributed by atoms with E-state index in [-0.39, 0.29) is 0 Å². The van der Waals surface area contributed by atoms with Crippen molar-refractivity contribution >= 4 is 0 Å². The second-order valence-corrected chi connectivity index (χ2v) is 5.10. The van der Waals surface area contributed by atoms with Crippen molar-refractivity contribution in [3.63, 3.8) is 0 Å². The molecule has 0 bridgehead atoms. The highest BCUT2D eigenvalue weighted by Crippen LogP contribution is 2.20. The molecule has 98 valence electrons. The average molecular weight is 250 g/mol. The molecule has 1 atom stereocenters. The highest BCUT2D eigenvalue weighted by Gasteiger charge is 2.03. The van der Waals surface area contributed by atoms with Crippen LogP contribution in [-0.4, -0.2) is 0 Å². The van der Waals surface area contributed by atoms with E-state index in [1.807, 2.05) is 0 Å². The molecule has 0 N–H and O–H groups in total. The van der Waals surface area contributed by atoms with Gasteiger partial charge in [0.05, 0.1) is 0 Å². The number of hydrogen-bond donors (Lipinski definition) is 0. The van der Waals surface area contributed by atoms with Crippen LogP contribution in [0.5, 0.6) is 0 Å². The maximum Gasteiger partial charge on any atom is -0.000782 e. The lowest BCUT2D eigenvalue weighted by Crippen LogP contribution is -1.92. The first-order valence-corrected chi connectivity index (χ1v) is 7.03. The molecule has 0 aliphatic carbocycles. The van der Waals surface area contributed by atoms with E-state index < -0.39 is 0 Å². The summed E-state index contributed by atoms with van der Waals surface area (Å²) >= 11 is 0. The van der Waals surface area contributed by atoms with Crippen molar-refractivity contribution in [2.24, 2.45) is 0 Å². The molecule has 0 amide bonds. The predicted octanol–water partition coefficient (Wildman–Crippen LogP) is 5.29. The van der Waals surface area contributed by atoms with E-state index in [4.69, 9.17) is 0 Å². The van der Waals surface area contributed by atoms with Gasteiger partial charge in [-0.2, -0.15) is 0 Å². The molecule has 0 fully saturated rings. The van der Waals surface area contributed by atoms with Crippen molar-refractivity contribution in [2.45, 2.75) is 32.6 Å². The summed E-state index contributed by atoms with van der Waals surface area (Å²) in [5.41, 5.74) is 4.22. The summed E-state index contributed by atoms with van der Waals surface area (Å²) in [7, 11) is 0. The van der Waals surface area contributed by atoms with Crippen molar-refractivity contribution in [3.05, 3.63) is 83.4 Å². The van der Waals surface area contributed by atoms with Crippen LogP contribution in [0.2, 0.25) is 0 Å².